The second-order valence-corrected chi connectivity index (χ2v) is 9.80. The first-order chi connectivity index (χ1) is 13.2. The van der Waals surface area contributed by atoms with E-state index in [-0.39, 0.29) is 31.0 Å². The van der Waals surface area contributed by atoms with Crippen molar-refractivity contribution in [1.29, 1.82) is 0 Å². The Morgan fingerprint density at radius 2 is 0.733 bits per heavy atom. The summed E-state index contributed by atoms with van der Waals surface area (Å²) in [6, 6.07) is 9.21. The van der Waals surface area contributed by atoms with Crippen molar-refractivity contribution in [2.75, 3.05) is 0 Å². The Kier molecular flexibility index (Phi) is 29.8. The summed E-state index contributed by atoms with van der Waals surface area (Å²) in [6.07, 6.45) is 0. The van der Waals surface area contributed by atoms with E-state index in [1.807, 2.05) is 0 Å². The van der Waals surface area contributed by atoms with E-state index in [9.17, 15) is 8.22 Å². The molecule has 0 saturated heterocycles. The summed E-state index contributed by atoms with van der Waals surface area (Å²) in [5.41, 5.74) is 0. The van der Waals surface area contributed by atoms with Gasteiger partial charge in [0.15, 0.2) is 0 Å². The van der Waals surface area contributed by atoms with Crippen LogP contribution in [0.25, 0.3) is 16.0 Å². The van der Waals surface area contributed by atoms with Gasteiger partial charge in [0.2, 0.25) is 0 Å². The number of halogens is 2. The molecule has 0 heterocycles. The molecule has 1 aromatic carbocycles. The Hall–Kier alpha value is 0.177. The zero-order valence-electron chi connectivity index (χ0n) is 21.4. The summed E-state index contributed by atoms with van der Waals surface area (Å²) in [6.45, 7) is 25.2. The molecule has 0 bridgehead atoms. The van der Waals surface area contributed by atoms with Crippen LogP contribution in [0.5, 0.6) is 0 Å². The Bertz CT molecular complexity index is 373. The maximum Gasteiger partial charge on any atom is 4.00 e. The van der Waals surface area contributed by atoms with Gasteiger partial charge < -0.3 is 16.0 Å². The van der Waals surface area contributed by atoms with E-state index >= 15 is 0 Å². The third-order valence-corrected chi connectivity index (χ3v) is 3.62. The smallest absolute Gasteiger partial charge is 0.658 e. The Morgan fingerprint density at radius 1 is 0.533 bits per heavy atom. The predicted molar refractivity (Wildman–Crippen MR) is 132 cm³/mol. The van der Waals surface area contributed by atoms with Crippen molar-refractivity contribution in [2.45, 2.75) is 119 Å². The molecule has 7 heteroatoms. The minimum atomic E-state index is -3.48. The molecule has 0 spiro atoms. The van der Waals surface area contributed by atoms with Crippen molar-refractivity contribution in [3.63, 3.8) is 0 Å². The number of hydrogen-bond acceptors (Lipinski definition) is 0. The summed E-state index contributed by atoms with van der Waals surface area (Å²) in [5.74, 6) is 0. The zero-order valence-corrected chi connectivity index (χ0v) is 26.2. The van der Waals surface area contributed by atoms with Crippen molar-refractivity contribution >= 4 is 14.7 Å². The molecule has 1 rings (SSSR count). The van der Waals surface area contributed by atoms with E-state index in [4.69, 9.17) is 0 Å². The van der Waals surface area contributed by atoms with Gasteiger partial charge in [0.05, 0.1) is 0 Å². The molecule has 176 valence electrons. The van der Waals surface area contributed by atoms with Crippen LogP contribution >= 0.6 is 0 Å². The van der Waals surface area contributed by atoms with E-state index in [1.54, 1.807) is 12.1 Å². The maximum atomic E-state index is 11.7. The molecule has 0 radical (unpaired) electrons. The fourth-order valence-electron chi connectivity index (χ4n) is 2.32. The monoisotopic (exact) mass is 611 g/mol. The van der Waals surface area contributed by atoms with E-state index in [0.29, 0.717) is 36.3 Å². The van der Waals surface area contributed by atoms with Crippen LogP contribution in [0.3, 0.4) is 0 Å². The average molecular weight is 610 g/mol. The minimum Gasteiger partial charge on any atom is -0.658 e. The molecule has 0 unspecified atom stereocenters. The first-order valence-corrected chi connectivity index (χ1v) is 12.2. The van der Waals surface area contributed by atoms with Crippen LogP contribution in [-0.2, 0) is 25.8 Å². The average Bonchev–Trinajstić information content (AvgIpc) is 2.98. The standard InChI is InChI=1S/3C6H14N.C5H5F2Si.Hf/c3*1-5(2)7-6(3)4;6-8(7)5-3-1-2-4-5;/h3*5-6H,1-4H3;1-4,8H;/q4*-1;+4. The fraction of sp³-hybridized carbons (Fsp3) is 0.783. The van der Waals surface area contributed by atoms with Crippen LogP contribution in [0.1, 0.15) is 83.1 Å². The molecular weight excluding hydrogens is 563 g/mol. The molecule has 0 aliphatic carbocycles. The topological polar surface area (TPSA) is 42.3 Å². The molecule has 30 heavy (non-hydrogen) atoms. The number of rotatable bonds is 7. The molecule has 0 aliphatic rings. The molecule has 0 fully saturated rings. The van der Waals surface area contributed by atoms with Crippen LogP contribution in [0, 0.1) is 0 Å². The fourth-order valence-corrected chi connectivity index (χ4v) is 2.84. The summed E-state index contributed by atoms with van der Waals surface area (Å²) in [4.78, 5) is 0. The van der Waals surface area contributed by atoms with Gasteiger partial charge in [-0.15, -0.1) is 41.4 Å². The van der Waals surface area contributed by atoms with Gasteiger partial charge in [-0.3, -0.25) is 8.22 Å². The Labute approximate surface area is 207 Å². The number of hydrogen-bond donors (Lipinski definition) is 0. The first kappa shape index (κ1) is 37.5. The van der Waals surface area contributed by atoms with Gasteiger partial charge in [-0.25, -0.2) is 12.1 Å². The third kappa shape index (κ3) is 38.7. The quantitative estimate of drug-likeness (QED) is 0.177. The molecule has 0 atom stereocenters. The van der Waals surface area contributed by atoms with Gasteiger partial charge in [0.1, 0.15) is 0 Å². The van der Waals surface area contributed by atoms with E-state index in [0.717, 1.165) is 0 Å². The van der Waals surface area contributed by atoms with Gasteiger partial charge in [-0.2, -0.15) is 12.1 Å². The van der Waals surface area contributed by atoms with Crippen molar-refractivity contribution in [3.8, 4) is 0 Å². The van der Waals surface area contributed by atoms with Crippen molar-refractivity contribution < 1.29 is 34.1 Å². The largest absolute Gasteiger partial charge is 4.00 e. The maximum absolute atomic E-state index is 11.7. The molecule has 0 aromatic heterocycles. The van der Waals surface area contributed by atoms with Gasteiger partial charge in [0, 0.05) is 0 Å². The third-order valence-electron chi connectivity index (χ3n) is 2.73. The second-order valence-electron chi connectivity index (χ2n) is 8.53. The molecule has 3 nitrogen and oxygen atoms in total. The van der Waals surface area contributed by atoms with E-state index in [1.165, 1.54) is 12.1 Å². The van der Waals surface area contributed by atoms with Gasteiger partial charge in [-0.05, 0) is 0 Å². The first-order valence-electron chi connectivity index (χ1n) is 10.8. The van der Waals surface area contributed by atoms with Crippen LogP contribution < -0.4 is 5.19 Å². The Balaban J connectivity index is -0.000000149. The normalized spacial score (nSPS) is 10.6. The summed E-state index contributed by atoms with van der Waals surface area (Å²) in [7, 11) is -3.48. The van der Waals surface area contributed by atoms with Gasteiger partial charge in [-0.1, -0.05) is 83.1 Å². The van der Waals surface area contributed by atoms with Crippen LogP contribution in [0.4, 0.5) is 8.22 Å². The molecule has 1 aromatic rings. The van der Waals surface area contributed by atoms with Crippen LogP contribution in [0.15, 0.2) is 24.3 Å². The van der Waals surface area contributed by atoms with Gasteiger partial charge in [0.25, 0.3) is 0 Å². The summed E-state index contributed by atoms with van der Waals surface area (Å²) in [5, 5.41) is 13.1. The van der Waals surface area contributed by atoms with Crippen LogP contribution in [-0.4, -0.2) is 45.7 Å². The zero-order chi connectivity index (χ0) is 23.6. The molecule has 0 saturated carbocycles. The number of nitrogens with zero attached hydrogens (tertiary/aromatic N) is 3. The minimum absolute atomic E-state index is 0. The van der Waals surface area contributed by atoms with Crippen molar-refractivity contribution in [1.82, 2.24) is 0 Å². The van der Waals surface area contributed by atoms with E-state index in [2.05, 4.69) is 99.0 Å². The Morgan fingerprint density at radius 3 is 0.800 bits per heavy atom. The van der Waals surface area contributed by atoms with Gasteiger partial charge >= 0.3 is 35.3 Å². The summed E-state index contributed by atoms with van der Waals surface area (Å²) < 4.78 is 23.5. The van der Waals surface area contributed by atoms with Crippen LogP contribution in [0.2, 0.25) is 0 Å². The predicted octanol–water partition coefficient (Wildman–Crippen LogP) is 7.30. The molecule has 0 N–H and O–H groups in total. The summed E-state index contributed by atoms with van der Waals surface area (Å²) >= 11 is 0. The van der Waals surface area contributed by atoms with Crippen molar-refractivity contribution in [2.24, 2.45) is 0 Å². The molecule has 0 amide bonds. The second kappa shape index (κ2) is 23.8. The van der Waals surface area contributed by atoms with E-state index < -0.39 is 9.46 Å². The molecular formula is C23H47F2HfN3Si. The SMILES string of the molecule is CC(C)[N-]C(C)C.CC(C)[N-]C(C)C.CC(C)[N-]C(C)C.F[SiH](F)[c-]1cccc1.[Hf+4]. The molecule has 0 aliphatic heterocycles. The van der Waals surface area contributed by atoms with Crippen molar-refractivity contribution in [3.05, 3.63) is 40.2 Å².